The highest BCUT2D eigenvalue weighted by Crippen LogP contribution is 2.51. The Morgan fingerprint density at radius 3 is 2.79 bits per heavy atom. The van der Waals surface area contributed by atoms with E-state index in [4.69, 9.17) is 0 Å². The van der Waals surface area contributed by atoms with Crippen molar-refractivity contribution in [2.75, 3.05) is 6.54 Å². The van der Waals surface area contributed by atoms with Gasteiger partial charge < -0.3 is 5.32 Å². The summed E-state index contributed by atoms with van der Waals surface area (Å²) in [6.45, 7) is 1.17. The fraction of sp³-hybridized carbons (Fsp3) is 0.800. The molecule has 14 heavy (non-hydrogen) atoms. The molecule has 3 rings (SSSR count). The van der Waals surface area contributed by atoms with Crippen LogP contribution in [0.1, 0.15) is 37.4 Å². The van der Waals surface area contributed by atoms with Gasteiger partial charge in [0.05, 0.1) is 6.04 Å². The first-order valence-corrected chi connectivity index (χ1v) is 5.40. The van der Waals surface area contributed by atoms with E-state index in [0.29, 0.717) is 11.5 Å². The van der Waals surface area contributed by atoms with Gasteiger partial charge in [0.15, 0.2) is 0 Å². The minimum atomic E-state index is 0.471. The van der Waals surface area contributed by atoms with E-state index >= 15 is 0 Å². The highest BCUT2D eigenvalue weighted by molar-refractivity contribution is 5.15. The molecule has 1 aromatic heterocycles. The molecule has 0 aromatic carbocycles. The molecule has 1 atom stereocenters. The molecule has 4 heteroatoms. The maximum atomic E-state index is 4.21. The zero-order chi connectivity index (χ0) is 9.60. The molecule has 1 saturated carbocycles. The number of aromatic nitrogens is 3. The Kier molecular flexibility index (Phi) is 1.68. The Morgan fingerprint density at radius 2 is 2.29 bits per heavy atom. The average molecular weight is 192 g/mol. The first kappa shape index (κ1) is 8.41. The number of rotatable bonds is 1. The van der Waals surface area contributed by atoms with Gasteiger partial charge in [-0.25, -0.2) is 0 Å². The molecule has 1 unspecified atom stereocenters. The van der Waals surface area contributed by atoms with E-state index < -0.39 is 0 Å². The smallest absolute Gasteiger partial charge is 0.100 e. The lowest BCUT2D eigenvalue weighted by Crippen LogP contribution is -2.54. The van der Waals surface area contributed by atoms with E-state index in [2.05, 4.69) is 15.6 Å². The van der Waals surface area contributed by atoms with Gasteiger partial charge in [-0.15, -0.1) is 5.10 Å². The van der Waals surface area contributed by atoms with Crippen LogP contribution in [0.2, 0.25) is 0 Å². The second-order valence-corrected chi connectivity index (χ2v) is 4.70. The van der Waals surface area contributed by atoms with E-state index in [-0.39, 0.29) is 0 Å². The maximum Gasteiger partial charge on any atom is 0.100 e. The third-order valence-electron chi connectivity index (χ3n) is 3.79. The summed E-state index contributed by atoms with van der Waals surface area (Å²) in [5.41, 5.74) is 1.65. The molecular formula is C10H16N4. The van der Waals surface area contributed by atoms with Crippen molar-refractivity contribution in [1.29, 1.82) is 0 Å². The lowest BCUT2D eigenvalue weighted by molar-refractivity contribution is 0.0862. The molecule has 1 saturated heterocycles. The van der Waals surface area contributed by atoms with Gasteiger partial charge in [0.1, 0.15) is 5.69 Å². The number of hydrogen-bond acceptors (Lipinski definition) is 3. The van der Waals surface area contributed by atoms with Crippen molar-refractivity contribution in [1.82, 2.24) is 20.3 Å². The van der Waals surface area contributed by atoms with Crippen molar-refractivity contribution in [3.63, 3.8) is 0 Å². The van der Waals surface area contributed by atoms with Crippen molar-refractivity contribution in [2.24, 2.45) is 12.5 Å². The summed E-state index contributed by atoms with van der Waals surface area (Å²) in [6.07, 6.45) is 7.54. The van der Waals surface area contributed by atoms with Crippen LogP contribution >= 0.6 is 0 Å². The van der Waals surface area contributed by atoms with Gasteiger partial charge in [-0.3, -0.25) is 4.68 Å². The third kappa shape index (κ3) is 1.03. The molecular weight excluding hydrogens is 176 g/mol. The fourth-order valence-electron chi connectivity index (χ4n) is 2.95. The van der Waals surface area contributed by atoms with Gasteiger partial charge >= 0.3 is 0 Å². The third-order valence-corrected chi connectivity index (χ3v) is 3.79. The topological polar surface area (TPSA) is 42.7 Å². The second kappa shape index (κ2) is 2.79. The van der Waals surface area contributed by atoms with Crippen molar-refractivity contribution in [3.8, 4) is 0 Å². The first-order chi connectivity index (χ1) is 6.80. The summed E-state index contributed by atoms with van der Waals surface area (Å²) < 4.78 is 1.79. The van der Waals surface area contributed by atoms with Gasteiger partial charge in [0, 0.05) is 25.2 Å². The monoisotopic (exact) mass is 192 g/mol. The zero-order valence-electron chi connectivity index (χ0n) is 8.53. The number of nitrogens with one attached hydrogen (secondary N) is 1. The van der Waals surface area contributed by atoms with E-state index in [9.17, 15) is 0 Å². The van der Waals surface area contributed by atoms with E-state index in [1.165, 1.54) is 32.2 Å². The van der Waals surface area contributed by atoms with Crippen molar-refractivity contribution < 1.29 is 0 Å². The van der Waals surface area contributed by atoms with Crippen LogP contribution in [0.3, 0.4) is 0 Å². The lowest BCUT2D eigenvalue weighted by Gasteiger charge is -2.47. The lowest BCUT2D eigenvalue weighted by atomic mass is 9.71. The largest absolute Gasteiger partial charge is 0.307 e. The molecule has 76 valence electrons. The Balaban J connectivity index is 1.86. The Morgan fingerprint density at radius 1 is 1.50 bits per heavy atom. The molecule has 1 spiro atoms. The van der Waals surface area contributed by atoms with Crippen LogP contribution in [0.15, 0.2) is 6.20 Å². The molecule has 4 nitrogen and oxygen atoms in total. The molecule has 1 aliphatic heterocycles. The van der Waals surface area contributed by atoms with Gasteiger partial charge in [0.25, 0.3) is 0 Å². The van der Waals surface area contributed by atoms with Crippen LogP contribution in [-0.2, 0) is 7.05 Å². The van der Waals surface area contributed by atoms with Crippen molar-refractivity contribution in [2.45, 2.75) is 31.7 Å². The van der Waals surface area contributed by atoms with Crippen molar-refractivity contribution >= 4 is 0 Å². The summed E-state index contributed by atoms with van der Waals surface area (Å²) >= 11 is 0. The van der Waals surface area contributed by atoms with E-state index in [1.54, 1.807) is 4.68 Å². The molecule has 2 fully saturated rings. The molecule has 1 N–H and O–H groups in total. The van der Waals surface area contributed by atoms with Crippen LogP contribution in [0.5, 0.6) is 0 Å². The molecule has 1 aliphatic carbocycles. The van der Waals surface area contributed by atoms with Gasteiger partial charge in [-0.1, -0.05) is 18.1 Å². The number of aryl methyl sites for hydroxylation is 1. The Labute approximate surface area is 83.7 Å². The van der Waals surface area contributed by atoms with Gasteiger partial charge in [-0.05, 0) is 12.8 Å². The summed E-state index contributed by atoms with van der Waals surface area (Å²) in [4.78, 5) is 0. The summed E-state index contributed by atoms with van der Waals surface area (Å²) in [7, 11) is 1.93. The molecule has 2 heterocycles. The molecule has 0 bridgehead atoms. The SMILES string of the molecule is Cn1cc(C2NCC23CCCC3)nn1. The van der Waals surface area contributed by atoms with Crippen LogP contribution < -0.4 is 5.32 Å². The standard InChI is InChI=1S/C10H16N4/c1-14-6-8(12-13-14)9-10(7-11-9)4-2-3-5-10/h6,9,11H,2-5,7H2,1H3. The molecule has 2 aliphatic rings. The minimum Gasteiger partial charge on any atom is -0.307 e. The first-order valence-electron chi connectivity index (χ1n) is 5.40. The average Bonchev–Trinajstić information content (AvgIpc) is 2.73. The Bertz CT molecular complexity index is 338. The van der Waals surface area contributed by atoms with Crippen LogP contribution in [0, 0.1) is 5.41 Å². The van der Waals surface area contributed by atoms with Crippen LogP contribution in [0.4, 0.5) is 0 Å². The second-order valence-electron chi connectivity index (χ2n) is 4.70. The zero-order valence-corrected chi connectivity index (χ0v) is 8.53. The van der Waals surface area contributed by atoms with Crippen molar-refractivity contribution in [3.05, 3.63) is 11.9 Å². The maximum absolute atomic E-state index is 4.21. The predicted octanol–water partition coefficient (Wildman–Crippen LogP) is 1.02. The summed E-state index contributed by atoms with van der Waals surface area (Å²) in [5, 5.41) is 11.7. The summed E-state index contributed by atoms with van der Waals surface area (Å²) in [5.74, 6) is 0. The number of hydrogen-bond donors (Lipinski definition) is 1. The molecule has 0 amide bonds. The Hall–Kier alpha value is -0.900. The molecule has 1 aromatic rings. The molecule has 0 radical (unpaired) electrons. The fourth-order valence-corrected chi connectivity index (χ4v) is 2.95. The quantitative estimate of drug-likeness (QED) is 0.722. The minimum absolute atomic E-state index is 0.471. The normalized spacial score (nSPS) is 29.4. The van der Waals surface area contributed by atoms with Crippen LogP contribution in [-0.4, -0.2) is 21.5 Å². The summed E-state index contributed by atoms with van der Waals surface area (Å²) in [6, 6.07) is 0.471. The predicted molar refractivity (Wildman–Crippen MR) is 52.6 cm³/mol. The highest BCUT2D eigenvalue weighted by atomic mass is 15.4. The van der Waals surface area contributed by atoms with Crippen LogP contribution in [0.25, 0.3) is 0 Å². The van der Waals surface area contributed by atoms with E-state index in [1.807, 2.05) is 13.2 Å². The van der Waals surface area contributed by atoms with Gasteiger partial charge in [0.2, 0.25) is 0 Å². The van der Waals surface area contributed by atoms with E-state index in [0.717, 1.165) is 5.69 Å². The highest BCUT2D eigenvalue weighted by Gasteiger charge is 2.49. The van der Waals surface area contributed by atoms with Gasteiger partial charge in [-0.2, -0.15) is 0 Å². The number of nitrogens with zero attached hydrogens (tertiary/aromatic N) is 3.